The summed E-state index contributed by atoms with van der Waals surface area (Å²) in [6.45, 7) is 12.2. The van der Waals surface area contributed by atoms with Crippen LogP contribution in [0.25, 0.3) is 0 Å². The lowest BCUT2D eigenvalue weighted by molar-refractivity contribution is -0.133. The smallest absolute Gasteiger partial charge is 0.239 e. The van der Waals surface area contributed by atoms with Crippen molar-refractivity contribution in [2.24, 2.45) is 11.8 Å². The summed E-state index contributed by atoms with van der Waals surface area (Å²) >= 11 is 0. The number of nitrogens with zero attached hydrogens (tertiary/aromatic N) is 1. The molecule has 9 nitrogen and oxygen atoms in total. The number of carbonyl (C=O) groups excluding carboxylic acids is 2. The van der Waals surface area contributed by atoms with Crippen molar-refractivity contribution in [3.8, 4) is 0 Å². The predicted octanol–water partition coefficient (Wildman–Crippen LogP) is 2.67. The zero-order chi connectivity index (χ0) is 31.3. The quantitative estimate of drug-likeness (QED) is 0.288. The fourth-order valence-electron chi connectivity index (χ4n) is 6.48. The van der Waals surface area contributed by atoms with Gasteiger partial charge in [-0.15, -0.1) is 0 Å². The van der Waals surface area contributed by atoms with Crippen LogP contribution in [0.4, 0.5) is 0 Å². The van der Waals surface area contributed by atoms with Gasteiger partial charge in [0.05, 0.1) is 22.9 Å². The van der Waals surface area contributed by atoms with E-state index in [0.29, 0.717) is 24.8 Å². The molecule has 3 rings (SSSR count). The van der Waals surface area contributed by atoms with E-state index in [2.05, 4.69) is 20.9 Å². The number of fused-ring (bicyclic) bond motifs is 1. The first-order chi connectivity index (χ1) is 19.5. The van der Waals surface area contributed by atoms with E-state index < -0.39 is 38.7 Å². The molecule has 2 aliphatic rings. The topological polar surface area (TPSA) is 128 Å². The number of carbonyl (C=O) groups is 2. The Hall–Kier alpha value is -2.01. The fourth-order valence-corrected chi connectivity index (χ4v) is 7.10. The molecule has 1 aromatic carbocycles. The van der Waals surface area contributed by atoms with Crippen molar-refractivity contribution in [3.05, 3.63) is 35.9 Å². The largest absolute Gasteiger partial charge is 0.390 e. The molecule has 0 spiro atoms. The maximum atomic E-state index is 13.7. The molecule has 1 saturated heterocycles. The molecule has 1 saturated carbocycles. The van der Waals surface area contributed by atoms with Crippen LogP contribution in [0, 0.1) is 11.8 Å². The van der Waals surface area contributed by atoms with Gasteiger partial charge in [0.2, 0.25) is 11.8 Å². The number of likely N-dealkylation sites (N-methyl/N-ethyl adjacent to an activating group) is 1. The highest BCUT2D eigenvalue weighted by molar-refractivity contribution is 7.92. The van der Waals surface area contributed by atoms with Crippen LogP contribution >= 0.6 is 0 Å². The van der Waals surface area contributed by atoms with Gasteiger partial charge in [0.1, 0.15) is 6.04 Å². The van der Waals surface area contributed by atoms with E-state index in [4.69, 9.17) is 0 Å². The van der Waals surface area contributed by atoms with Crippen molar-refractivity contribution < 1.29 is 23.1 Å². The Morgan fingerprint density at radius 2 is 1.67 bits per heavy atom. The average molecular weight is 607 g/mol. The van der Waals surface area contributed by atoms with Crippen LogP contribution in [0.3, 0.4) is 0 Å². The zero-order valence-electron chi connectivity index (χ0n) is 26.7. The number of piperidine rings is 1. The first-order valence-electron chi connectivity index (χ1n) is 15.5. The highest BCUT2D eigenvalue weighted by Gasteiger charge is 2.45. The van der Waals surface area contributed by atoms with E-state index in [9.17, 15) is 23.1 Å². The van der Waals surface area contributed by atoms with Gasteiger partial charge >= 0.3 is 0 Å². The molecule has 4 N–H and O–H groups in total. The lowest BCUT2D eigenvalue weighted by atomic mass is 9.72. The molecule has 2 amide bonds. The standard InChI is InChI=1S/C32H54N4O5S/c1-8-33-28(32(5,6)42(7,40)41)30(39)34-25(18-22-14-10-9-11-15-22)27(37)21-36-20-24-17-13-12-16-23(24)19-26(36)29(38)35-31(2,3)4/h9-11,14-15,23-28,33,37H,8,12-13,16-21H2,1-7H3,(H,34,39)(H,35,38)/t23?,24?,25-,26-,27+,28+/m0/s1. The minimum Gasteiger partial charge on any atom is -0.390 e. The third-order valence-corrected chi connectivity index (χ3v) is 11.3. The molecule has 0 aromatic heterocycles. The van der Waals surface area contributed by atoms with E-state index in [1.54, 1.807) is 13.8 Å². The van der Waals surface area contributed by atoms with Gasteiger partial charge in [0.15, 0.2) is 9.84 Å². The second-order valence-corrected chi connectivity index (χ2v) is 16.6. The minimum absolute atomic E-state index is 0.0236. The number of nitrogens with one attached hydrogen (secondary N) is 3. The maximum absolute atomic E-state index is 13.7. The minimum atomic E-state index is -3.59. The highest BCUT2D eigenvalue weighted by Crippen LogP contribution is 2.39. The third-order valence-electron chi connectivity index (χ3n) is 9.14. The Kier molecular flexibility index (Phi) is 11.6. The van der Waals surface area contributed by atoms with E-state index in [1.807, 2.05) is 58.0 Å². The molecular formula is C32H54N4O5S. The molecule has 238 valence electrons. The summed E-state index contributed by atoms with van der Waals surface area (Å²) in [6, 6.07) is 7.58. The number of aliphatic hydroxyl groups excluding tert-OH is 1. The number of hydrogen-bond donors (Lipinski definition) is 4. The molecule has 0 bridgehead atoms. The maximum Gasteiger partial charge on any atom is 0.239 e. The Balaban J connectivity index is 1.88. The summed E-state index contributed by atoms with van der Waals surface area (Å²) in [5, 5.41) is 21.0. The van der Waals surface area contributed by atoms with Crippen LogP contribution in [0.2, 0.25) is 0 Å². The van der Waals surface area contributed by atoms with Gasteiger partial charge in [-0.25, -0.2) is 8.42 Å². The molecule has 2 unspecified atom stereocenters. The second-order valence-electron chi connectivity index (χ2n) is 14.0. The van der Waals surface area contributed by atoms with Gasteiger partial charge < -0.3 is 21.1 Å². The van der Waals surface area contributed by atoms with E-state index in [0.717, 1.165) is 37.6 Å². The number of likely N-dealkylation sites (tertiary alicyclic amines) is 1. The number of aliphatic hydroxyl groups is 1. The van der Waals surface area contributed by atoms with Crippen LogP contribution in [0.1, 0.15) is 79.2 Å². The first-order valence-corrected chi connectivity index (χ1v) is 17.4. The Bertz CT molecular complexity index is 1150. The third kappa shape index (κ3) is 9.00. The van der Waals surface area contributed by atoms with Gasteiger partial charge in [-0.05, 0) is 77.8 Å². The average Bonchev–Trinajstić information content (AvgIpc) is 2.89. The molecule has 1 heterocycles. The summed E-state index contributed by atoms with van der Waals surface area (Å²) in [7, 11) is -3.59. The lowest BCUT2D eigenvalue weighted by Crippen LogP contribution is -2.63. The van der Waals surface area contributed by atoms with Crippen molar-refractivity contribution in [2.75, 3.05) is 25.9 Å². The molecule has 6 atom stereocenters. The molecule has 2 fully saturated rings. The van der Waals surface area contributed by atoms with Crippen molar-refractivity contribution in [1.82, 2.24) is 20.9 Å². The van der Waals surface area contributed by atoms with E-state index >= 15 is 0 Å². The molecular weight excluding hydrogens is 552 g/mol. The molecule has 1 aliphatic heterocycles. The molecule has 10 heteroatoms. The second kappa shape index (κ2) is 14.2. The van der Waals surface area contributed by atoms with Gasteiger partial charge in [0, 0.05) is 24.9 Å². The van der Waals surface area contributed by atoms with Crippen LogP contribution in [-0.4, -0.2) is 90.6 Å². The van der Waals surface area contributed by atoms with E-state index in [-0.39, 0.29) is 24.0 Å². The Morgan fingerprint density at radius 1 is 1.05 bits per heavy atom. The van der Waals surface area contributed by atoms with Crippen molar-refractivity contribution in [1.29, 1.82) is 0 Å². The van der Waals surface area contributed by atoms with Crippen molar-refractivity contribution >= 4 is 21.7 Å². The summed E-state index contributed by atoms with van der Waals surface area (Å²) in [5.74, 6) is 0.493. The number of hydrogen-bond acceptors (Lipinski definition) is 7. The first kappa shape index (κ1) is 34.5. The fraction of sp³-hybridized carbons (Fsp3) is 0.750. The number of benzene rings is 1. The number of amides is 2. The van der Waals surface area contributed by atoms with Crippen LogP contribution in [0.5, 0.6) is 0 Å². The molecule has 42 heavy (non-hydrogen) atoms. The normalized spacial score (nSPS) is 24.2. The zero-order valence-corrected chi connectivity index (χ0v) is 27.5. The number of β-amino-alcohol motifs (C(OH)–C–C–N with tert-alkyl or cyclic N) is 1. The van der Waals surface area contributed by atoms with Crippen LogP contribution < -0.4 is 16.0 Å². The van der Waals surface area contributed by atoms with Crippen molar-refractivity contribution in [2.45, 2.75) is 115 Å². The highest BCUT2D eigenvalue weighted by atomic mass is 32.2. The molecule has 0 radical (unpaired) electrons. The van der Waals surface area contributed by atoms with Crippen LogP contribution in [-0.2, 0) is 25.8 Å². The number of rotatable bonds is 12. The van der Waals surface area contributed by atoms with Crippen molar-refractivity contribution in [3.63, 3.8) is 0 Å². The van der Waals surface area contributed by atoms with Gasteiger partial charge in [-0.2, -0.15) is 0 Å². The Labute approximate surface area is 253 Å². The Morgan fingerprint density at radius 3 is 2.24 bits per heavy atom. The molecule has 1 aliphatic carbocycles. The summed E-state index contributed by atoms with van der Waals surface area (Å²) in [5.41, 5.74) is 0.569. The van der Waals surface area contributed by atoms with Gasteiger partial charge in [-0.3, -0.25) is 14.5 Å². The van der Waals surface area contributed by atoms with Crippen LogP contribution in [0.15, 0.2) is 30.3 Å². The summed E-state index contributed by atoms with van der Waals surface area (Å²) < 4.78 is 23.9. The SMILES string of the molecule is CCN[C@H](C(=O)N[C@@H](Cc1ccccc1)[C@H](O)CN1CC2CCCCC2C[C@H]1C(=O)NC(C)(C)C)C(C)(C)S(C)(=O)=O. The monoisotopic (exact) mass is 606 g/mol. The summed E-state index contributed by atoms with van der Waals surface area (Å²) in [4.78, 5) is 29.3. The predicted molar refractivity (Wildman–Crippen MR) is 168 cm³/mol. The summed E-state index contributed by atoms with van der Waals surface area (Å²) in [6.07, 6.45) is 5.92. The number of sulfone groups is 1. The van der Waals surface area contributed by atoms with Gasteiger partial charge in [-0.1, -0.05) is 56.5 Å². The van der Waals surface area contributed by atoms with Gasteiger partial charge in [0.25, 0.3) is 0 Å². The molecule has 1 aromatic rings. The van der Waals surface area contributed by atoms with E-state index in [1.165, 1.54) is 12.8 Å². The lowest BCUT2D eigenvalue weighted by Gasteiger charge is -2.47.